The Bertz CT molecular complexity index is 605. The zero-order chi connectivity index (χ0) is 15.2. The minimum atomic E-state index is -0.0637. The van der Waals surface area contributed by atoms with Crippen LogP contribution < -0.4 is 14.8 Å². The van der Waals surface area contributed by atoms with Gasteiger partial charge in [-0.25, -0.2) is 0 Å². The maximum atomic E-state index is 6.14. The molecule has 4 nitrogen and oxygen atoms in total. The van der Waals surface area contributed by atoms with E-state index in [2.05, 4.69) is 17.2 Å². The second-order valence-corrected chi connectivity index (χ2v) is 4.97. The molecule has 112 valence electrons. The summed E-state index contributed by atoms with van der Waals surface area (Å²) in [6, 6.07) is 7.49. The monoisotopic (exact) mass is 306 g/mol. The van der Waals surface area contributed by atoms with Gasteiger partial charge >= 0.3 is 0 Å². The highest BCUT2D eigenvalue weighted by Gasteiger charge is 2.19. The molecule has 0 spiro atoms. The van der Waals surface area contributed by atoms with Crippen LogP contribution in [0.15, 0.2) is 36.7 Å². The average Bonchev–Trinajstić information content (AvgIpc) is 2.52. The molecule has 0 saturated carbocycles. The summed E-state index contributed by atoms with van der Waals surface area (Å²) < 4.78 is 10.7. The third-order valence-corrected chi connectivity index (χ3v) is 3.45. The van der Waals surface area contributed by atoms with Crippen molar-refractivity contribution in [2.75, 3.05) is 20.8 Å². The van der Waals surface area contributed by atoms with Crippen molar-refractivity contribution in [2.45, 2.75) is 13.0 Å². The zero-order valence-corrected chi connectivity index (χ0v) is 13.1. The van der Waals surface area contributed by atoms with Crippen molar-refractivity contribution in [2.24, 2.45) is 0 Å². The van der Waals surface area contributed by atoms with E-state index in [1.807, 2.05) is 30.5 Å². The zero-order valence-electron chi connectivity index (χ0n) is 12.4. The highest BCUT2D eigenvalue weighted by molar-refractivity contribution is 6.30. The lowest BCUT2D eigenvalue weighted by Gasteiger charge is -2.21. The van der Waals surface area contributed by atoms with Gasteiger partial charge < -0.3 is 14.8 Å². The number of pyridine rings is 1. The minimum Gasteiger partial charge on any atom is -0.496 e. The topological polar surface area (TPSA) is 43.4 Å². The fourth-order valence-corrected chi connectivity index (χ4v) is 2.43. The molecule has 0 bridgehead atoms. The molecule has 0 saturated heterocycles. The van der Waals surface area contributed by atoms with Crippen LogP contribution in [0.3, 0.4) is 0 Å². The van der Waals surface area contributed by atoms with Gasteiger partial charge in [0.1, 0.15) is 11.5 Å². The van der Waals surface area contributed by atoms with Crippen molar-refractivity contribution in [3.8, 4) is 11.5 Å². The molecule has 0 aliphatic heterocycles. The number of benzene rings is 1. The van der Waals surface area contributed by atoms with Crippen molar-refractivity contribution in [3.63, 3.8) is 0 Å². The highest BCUT2D eigenvalue weighted by Crippen LogP contribution is 2.33. The second kappa shape index (κ2) is 7.29. The predicted octanol–water partition coefficient (Wildman–Crippen LogP) is 3.45. The molecule has 1 atom stereocenters. The fraction of sp³-hybridized carbons (Fsp3) is 0.312. The summed E-state index contributed by atoms with van der Waals surface area (Å²) in [7, 11) is 3.28. The first-order valence-corrected chi connectivity index (χ1v) is 7.13. The molecule has 1 aromatic heterocycles. The largest absolute Gasteiger partial charge is 0.496 e. The van der Waals surface area contributed by atoms with E-state index < -0.39 is 0 Å². The van der Waals surface area contributed by atoms with Crippen LogP contribution in [0, 0.1) is 0 Å². The van der Waals surface area contributed by atoms with E-state index in [1.165, 1.54) is 0 Å². The van der Waals surface area contributed by atoms with E-state index >= 15 is 0 Å². The lowest BCUT2D eigenvalue weighted by Crippen LogP contribution is -2.22. The third kappa shape index (κ3) is 3.65. The molecule has 0 radical (unpaired) electrons. The Kier molecular flexibility index (Phi) is 5.42. The molecule has 0 aliphatic rings. The van der Waals surface area contributed by atoms with Gasteiger partial charge in [0, 0.05) is 16.8 Å². The number of hydrogen-bond donors (Lipinski definition) is 1. The SMILES string of the molecule is CCNC(c1cncc(OC)c1)c1cc(Cl)ccc1OC. The van der Waals surface area contributed by atoms with Gasteiger partial charge in [0.2, 0.25) is 0 Å². The highest BCUT2D eigenvalue weighted by atomic mass is 35.5. The molecule has 1 heterocycles. The summed E-state index contributed by atoms with van der Waals surface area (Å²) in [5, 5.41) is 4.11. The van der Waals surface area contributed by atoms with Gasteiger partial charge in [-0.15, -0.1) is 0 Å². The van der Waals surface area contributed by atoms with Crippen LogP contribution in [-0.4, -0.2) is 25.7 Å². The third-order valence-electron chi connectivity index (χ3n) is 3.21. The summed E-state index contributed by atoms with van der Waals surface area (Å²) in [5.74, 6) is 1.50. The van der Waals surface area contributed by atoms with Gasteiger partial charge in [-0.3, -0.25) is 4.98 Å². The van der Waals surface area contributed by atoms with Crippen LogP contribution in [0.25, 0.3) is 0 Å². The molecule has 1 N–H and O–H groups in total. The standard InChI is InChI=1S/C16H19ClN2O2/c1-4-19-16(11-7-13(20-2)10-18-9-11)14-8-12(17)5-6-15(14)21-3/h5-10,16,19H,4H2,1-3H3. The van der Waals surface area contributed by atoms with Gasteiger partial charge in [0.25, 0.3) is 0 Å². The van der Waals surface area contributed by atoms with Gasteiger partial charge in [-0.1, -0.05) is 18.5 Å². The van der Waals surface area contributed by atoms with E-state index in [0.717, 1.165) is 29.2 Å². The Balaban J connectivity index is 2.49. The summed E-state index contributed by atoms with van der Waals surface area (Å²) in [6.07, 6.45) is 3.50. The Morgan fingerprint density at radius 1 is 1.19 bits per heavy atom. The van der Waals surface area contributed by atoms with Crippen LogP contribution in [0.4, 0.5) is 0 Å². The summed E-state index contributed by atoms with van der Waals surface area (Å²) in [6.45, 7) is 2.86. The van der Waals surface area contributed by atoms with E-state index in [1.54, 1.807) is 20.4 Å². The van der Waals surface area contributed by atoms with Crippen molar-refractivity contribution < 1.29 is 9.47 Å². The van der Waals surface area contributed by atoms with Crippen molar-refractivity contribution in [3.05, 3.63) is 52.8 Å². The molecule has 1 aromatic carbocycles. The smallest absolute Gasteiger partial charge is 0.137 e. The Morgan fingerprint density at radius 3 is 2.67 bits per heavy atom. The van der Waals surface area contributed by atoms with Crippen LogP contribution in [0.5, 0.6) is 11.5 Å². The average molecular weight is 307 g/mol. The predicted molar refractivity (Wildman–Crippen MR) is 84.3 cm³/mol. The Labute approximate surface area is 130 Å². The normalized spacial score (nSPS) is 12.0. The van der Waals surface area contributed by atoms with Crippen LogP contribution in [0.1, 0.15) is 24.1 Å². The molecule has 0 aliphatic carbocycles. The number of nitrogens with one attached hydrogen (secondary N) is 1. The summed E-state index contributed by atoms with van der Waals surface area (Å²) in [5.41, 5.74) is 1.97. The molecule has 0 fully saturated rings. The van der Waals surface area contributed by atoms with E-state index in [-0.39, 0.29) is 6.04 Å². The number of ether oxygens (including phenoxy) is 2. The molecule has 0 amide bonds. The first-order chi connectivity index (χ1) is 10.2. The van der Waals surface area contributed by atoms with Crippen LogP contribution in [0.2, 0.25) is 5.02 Å². The molecule has 1 unspecified atom stereocenters. The van der Waals surface area contributed by atoms with Gasteiger partial charge in [-0.05, 0) is 36.4 Å². The maximum absolute atomic E-state index is 6.14. The van der Waals surface area contributed by atoms with Crippen LogP contribution in [-0.2, 0) is 0 Å². The van der Waals surface area contributed by atoms with Crippen molar-refractivity contribution in [1.29, 1.82) is 0 Å². The van der Waals surface area contributed by atoms with E-state index in [0.29, 0.717) is 5.02 Å². The van der Waals surface area contributed by atoms with Crippen LogP contribution >= 0.6 is 11.6 Å². The number of methoxy groups -OCH3 is 2. The minimum absolute atomic E-state index is 0.0637. The molecule has 2 rings (SSSR count). The number of hydrogen-bond acceptors (Lipinski definition) is 4. The number of halogens is 1. The first kappa shape index (κ1) is 15.6. The second-order valence-electron chi connectivity index (χ2n) is 4.54. The molecule has 2 aromatic rings. The molecule has 5 heteroatoms. The van der Waals surface area contributed by atoms with E-state index in [4.69, 9.17) is 21.1 Å². The quantitative estimate of drug-likeness (QED) is 0.887. The molecule has 21 heavy (non-hydrogen) atoms. The number of nitrogens with zero attached hydrogens (tertiary/aromatic N) is 1. The Hall–Kier alpha value is -1.78. The fourth-order valence-electron chi connectivity index (χ4n) is 2.25. The maximum Gasteiger partial charge on any atom is 0.137 e. The Morgan fingerprint density at radius 2 is 2.00 bits per heavy atom. The van der Waals surface area contributed by atoms with Crippen molar-refractivity contribution >= 4 is 11.6 Å². The lowest BCUT2D eigenvalue weighted by molar-refractivity contribution is 0.402. The molecular formula is C16H19ClN2O2. The van der Waals surface area contributed by atoms with Crippen molar-refractivity contribution in [1.82, 2.24) is 10.3 Å². The molecular weight excluding hydrogens is 288 g/mol. The van der Waals surface area contributed by atoms with E-state index in [9.17, 15) is 0 Å². The van der Waals surface area contributed by atoms with Gasteiger partial charge in [-0.2, -0.15) is 0 Å². The van der Waals surface area contributed by atoms with Gasteiger partial charge in [0.15, 0.2) is 0 Å². The first-order valence-electron chi connectivity index (χ1n) is 6.75. The lowest BCUT2D eigenvalue weighted by atomic mass is 9.99. The number of rotatable bonds is 6. The van der Waals surface area contributed by atoms with Gasteiger partial charge in [0.05, 0.1) is 26.5 Å². The number of aromatic nitrogens is 1. The summed E-state index contributed by atoms with van der Waals surface area (Å²) >= 11 is 6.14. The summed E-state index contributed by atoms with van der Waals surface area (Å²) in [4.78, 5) is 4.22.